The zero-order valence-corrected chi connectivity index (χ0v) is 18.4. The van der Waals surface area contributed by atoms with Gasteiger partial charge in [-0.2, -0.15) is 4.98 Å². The lowest BCUT2D eigenvalue weighted by Gasteiger charge is -2.34. The molecule has 0 aromatic carbocycles. The normalized spacial score (nSPS) is 16.5. The molecular formula is C19H27N7OS2. The molecule has 3 rings (SSSR count). The highest BCUT2D eigenvalue weighted by Crippen LogP contribution is 2.29. The van der Waals surface area contributed by atoms with E-state index in [9.17, 15) is 0 Å². The van der Waals surface area contributed by atoms with Gasteiger partial charge >= 0.3 is 0 Å². The van der Waals surface area contributed by atoms with E-state index < -0.39 is 0 Å². The Labute approximate surface area is 181 Å². The Balaban J connectivity index is 1.77. The van der Waals surface area contributed by atoms with E-state index >= 15 is 0 Å². The first-order valence-electron chi connectivity index (χ1n) is 9.80. The highest BCUT2D eigenvalue weighted by Gasteiger charge is 2.21. The third-order valence-electron chi connectivity index (χ3n) is 4.56. The molecule has 1 saturated heterocycles. The Morgan fingerprint density at radius 3 is 2.90 bits per heavy atom. The summed E-state index contributed by atoms with van der Waals surface area (Å²) in [6.45, 7) is 4.64. The summed E-state index contributed by atoms with van der Waals surface area (Å²) in [6.07, 6.45) is 7.90. The fourth-order valence-corrected chi connectivity index (χ4v) is 4.01. The summed E-state index contributed by atoms with van der Waals surface area (Å²) in [6, 6.07) is 4.24. The van der Waals surface area contributed by atoms with E-state index in [2.05, 4.69) is 37.4 Å². The number of rotatable bonds is 8. The summed E-state index contributed by atoms with van der Waals surface area (Å²) in [5, 5.41) is 8.20. The van der Waals surface area contributed by atoms with E-state index in [1.54, 1.807) is 25.6 Å². The number of thiocarbonyl (C=S) groups is 1. The second-order valence-electron chi connectivity index (χ2n) is 6.79. The van der Waals surface area contributed by atoms with Crippen LogP contribution in [0.4, 0.5) is 11.8 Å². The Morgan fingerprint density at radius 1 is 1.31 bits per heavy atom. The summed E-state index contributed by atoms with van der Waals surface area (Å²) >= 11 is 6.81. The summed E-state index contributed by atoms with van der Waals surface area (Å²) in [5.41, 5.74) is 0. The molecule has 2 aromatic rings. The van der Waals surface area contributed by atoms with E-state index in [0.29, 0.717) is 28.9 Å². The van der Waals surface area contributed by atoms with Gasteiger partial charge in [-0.1, -0.05) is 0 Å². The minimum absolute atomic E-state index is 0.441. The van der Waals surface area contributed by atoms with Crippen LogP contribution in [0.1, 0.15) is 32.6 Å². The number of aromatic nitrogens is 4. The highest BCUT2D eigenvalue weighted by atomic mass is 32.2. The number of hydrogen-bond acceptors (Lipinski definition) is 8. The van der Waals surface area contributed by atoms with Gasteiger partial charge in [0.2, 0.25) is 5.95 Å². The Bertz CT molecular complexity index is 793. The Morgan fingerprint density at radius 2 is 2.14 bits per heavy atom. The average molecular weight is 434 g/mol. The van der Waals surface area contributed by atoms with Crippen molar-refractivity contribution in [3.63, 3.8) is 0 Å². The summed E-state index contributed by atoms with van der Waals surface area (Å²) in [7, 11) is 1.69. The largest absolute Gasteiger partial charge is 0.385 e. The van der Waals surface area contributed by atoms with Crippen LogP contribution in [0.15, 0.2) is 34.7 Å². The maximum absolute atomic E-state index is 5.39. The predicted molar refractivity (Wildman–Crippen MR) is 120 cm³/mol. The van der Waals surface area contributed by atoms with Crippen LogP contribution in [0.2, 0.25) is 0 Å². The monoisotopic (exact) mass is 433 g/mol. The van der Waals surface area contributed by atoms with Gasteiger partial charge in [0.1, 0.15) is 10.8 Å². The van der Waals surface area contributed by atoms with E-state index in [1.165, 1.54) is 24.6 Å². The van der Waals surface area contributed by atoms with E-state index in [0.717, 1.165) is 36.8 Å². The number of nitrogens with zero attached hydrogens (tertiary/aromatic N) is 5. The zero-order valence-electron chi connectivity index (χ0n) is 16.8. The molecule has 1 atom stereocenters. The number of piperidine rings is 1. The van der Waals surface area contributed by atoms with Crippen LogP contribution in [0.25, 0.3) is 0 Å². The first-order valence-corrected chi connectivity index (χ1v) is 11.0. The molecule has 1 aliphatic rings. The van der Waals surface area contributed by atoms with Crippen LogP contribution in [-0.2, 0) is 4.74 Å². The lowest BCUT2D eigenvalue weighted by molar-refractivity contribution is 0.196. The summed E-state index contributed by atoms with van der Waals surface area (Å²) < 4.78 is 5.06. The fraction of sp³-hybridized carbons (Fsp3) is 0.526. The van der Waals surface area contributed by atoms with Gasteiger partial charge in [-0.05, 0) is 62.7 Å². The predicted octanol–water partition coefficient (Wildman–Crippen LogP) is 3.12. The van der Waals surface area contributed by atoms with Gasteiger partial charge in [0.15, 0.2) is 10.3 Å². The van der Waals surface area contributed by atoms with Crippen molar-refractivity contribution in [2.24, 2.45) is 0 Å². The molecule has 0 saturated carbocycles. The van der Waals surface area contributed by atoms with Gasteiger partial charge < -0.3 is 20.3 Å². The van der Waals surface area contributed by atoms with E-state index in [-0.39, 0.29) is 0 Å². The average Bonchev–Trinajstić information content (AvgIpc) is 2.72. The van der Waals surface area contributed by atoms with Gasteiger partial charge in [-0.3, -0.25) is 0 Å². The van der Waals surface area contributed by atoms with E-state index in [1.807, 2.05) is 6.07 Å². The third-order valence-corrected chi connectivity index (χ3v) is 5.62. The smallest absolute Gasteiger partial charge is 0.232 e. The van der Waals surface area contributed by atoms with Crippen molar-refractivity contribution < 1.29 is 4.74 Å². The minimum Gasteiger partial charge on any atom is -0.385 e. The molecule has 1 unspecified atom stereocenters. The number of ether oxygens (including phenoxy) is 1. The minimum atomic E-state index is 0.441. The Kier molecular flexibility index (Phi) is 8.38. The fourth-order valence-electron chi connectivity index (χ4n) is 3.10. The van der Waals surface area contributed by atoms with Crippen LogP contribution in [-0.4, -0.2) is 57.9 Å². The van der Waals surface area contributed by atoms with Gasteiger partial charge in [-0.25, -0.2) is 15.0 Å². The molecule has 0 aliphatic carbocycles. The maximum Gasteiger partial charge on any atom is 0.232 e. The van der Waals surface area contributed by atoms with Crippen LogP contribution in [0.3, 0.4) is 0 Å². The number of hydrogen-bond donors (Lipinski definition) is 2. The zero-order chi connectivity index (χ0) is 20.5. The first-order chi connectivity index (χ1) is 14.2. The second kappa shape index (κ2) is 11.2. The van der Waals surface area contributed by atoms with E-state index in [4.69, 9.17) is 21.9 Å². The van der Waals surface area contributed by atoms with Crippen LogP contribution in [0.5, 0.6) is 0 Å². The van der Waals surface area contributed by atoms with Crippen molar-refractivity contribution in [2.45, 2.75) is 48.8 Å². The molecule has 29 heavy (non-hydrogen) atoms. The lowest BCUT2D eigenvalue weighted by atomic mass is 10.0. The third kappa shape index (κ3) is 6.76. The van der Waals surface area contributed by atoms with Crippen LogP contribution in [0, 0.1) is 0 Å². The topological polar surface area (TPSA) is 88.1 Å². The summed E-state index contributed by atoms with van der Waals surface area (Å²) in [5.74, 6) is 1.37. The molecule has 2 N–H and O–H groups in total. The second-order valence-corrected chi connectivity index (χ2v) is 8.18. The van der Waals surface area contributed by atoms with Crippen molar-refractivity contribution in [1.29, 1.82) is 0 Å². The lowest BCUT2D eigenvalue weighted by Crippen LogP contribution is -2.38. The highest BCUT2D eigenvalue weighted by molar-refractivity contribution is 7.99. The quantitative estimate of drug-likeness (QED) is 0.280. The molecule has 156 valence electrons. The molecular weight excluding hydrogens is 406 g/mol. The number of nitrogens with one attached hydrogen (secondary N) is 2. The van der Waals surface area contributed by atoms with Crippen molar-refractivity contribution in [3.8, 4) is 0 Å². The van der Waals surface area contributed by atoms with Gasteiger partial charge in [-0.15, -0.1) is 0 Å². The number of methoxy groups -OCH3 is 1. The molecule has 0 bridgehead atoms. The molecule has 0 amide bonds. The van der Waals surface area contributed by atoms with Gasteiger partial charge in [0.05, 0.1) is 0 Å². The molecule has 0 spiro atoms. The molecule has 0 radical (unpaired) electrons. The maximum atomic E-state index is 5.39. The van der Waals surface area contributed by atoms with Crippen molar-refractivity contribution in [3.05, 3.63) is 24.5 Å². The molecule has 2 aromatic heterocycles. The van der Waals surface area contributed by atoms with Gasteiger partial charge in [0, 0.05) is 51.3 Å². The number of anilines is 2. The molecule has 8 nitrogen and oxygen atoms in total. The van der Waals surface area contributed by atoms with Crippen molar-refractivity contribution in [2.75, 3.05) is 37.0 Å². The SMILES string of the molecule is COCCCNC(=S)Nc1nc(Sc2ncccn2)cc(N2CCCCC2C)n1. The van der Waals surface area contributed by atoms with Crippen molar-refractivity contribution in [1.82, 2.24) is 25.3 Å². The Hall–Kier alpha value is -2.04. The molecule has 3 heterocycles. The van der Waals surface area contributed by atoms with Crippen LogP contribution >= 0.6 is 24.0 Å². The van der Waals surface area contributed by atoms with Crippen molar-refractivity contribution >= 4 is 40.9 Å². The molecule has 1 aliphatic heterocycles. The standard InChI is InChI=1S/C19H27N7OS2/c1-14-7-3-4-11-26(14)15-13-16(29-19-21-8-5-9-22-19)24-17(23-15)25-18(28)20-10-6-12-27-2/h5,8-9,13-14H,3-4,6-7,10-12H2,1-2H3,(H2,20,23,24,25,28). The molecule has 1 fully saturated rings. The van der Waals surface area contributed by atoms with Crippen LogP contribution < -0.4 is 15.5 Å². The summed E-state index contributed by atoms with van der Waals surface area (Å²) in [4.78, 5) is 20.3. The molecule has 10 heteroatoms. The first kappa shape index (κ1) is 21.7. The van der Waals surface area contributed by atoms with Gasteiger partial charge in [0.25, 0.3) is 0 Å².